The van der Waals surface area contributed by atoms with Crippen LogP contribution in [0, 0.1) is 64.5 Å². The number of likely N-dealkylation sites (tertiary alicyclic amines) is 4. The van der Waals surface area contributed by atoms with Gasteiger partial charge in [0.25, 0.3) is 0 Å². The molecule has 146 heavy (non-hydrogen) atoms. The monoisotopic (exact) mass is 2070 g/mol. The van der Waals surface area contributed by atoms with Crippen LogP contribution in [0.4, 0.5) is 4.39 Å². The molecule has 22 nitrogen and oxygen atoms in total. The van der Waals surface area contributed by atoms with Gasteiger partial charge in [-0.25, -0.2) is 38.1 Å². The van der Waals surface area contributed by atoms with Crippen molar-refractivity contribution in [2.24, 2.45) is 79.9 Å². The topological polar surface area (TPSA) is 256 Å². The molecule has 8 aromatic carbocycles. The molecule has 8 heterocycles. The number of amides is 4. The molecule has 4 amide bonds. The van der Waals surface area contributed by atoms with Crippen LogP contribution in [0.15, 0.2) is 214 Å². The maximum atomic E-state index is 14.1. The van der Waals surface area contributed by atoms with Gasteiger partial charge in [0.2, 0.25) is 23.6 Å². The van der Waals surface area contributed by atoms with E-state index in [1.165, 1.54) is 72.2 Å². The summed E-state index contributed by atoms with van der Waals surface area (Å²) in [5.41, 5.74) is 13.1. The molecule has 12 aromatic rings. The zero-order chi connectivity index (χ0) is 106. The molecule has 786 valence electrons. The summed E-state index contributed by atoms with van der Waals surface area (Å²) in [6.45, 7) is 42.0. The molecule has 27 heteroatoms. The molecule has 4 aliphatic heterocycles. The van der Waals surface area contributed by atoms with Crippen LogP contribution in [-0.4, -0.2) is 161 Å². The lowest BCUT2D eigenvalue weighted by molar-refractivity contribution is -0.140. The van der Waals surface area contributed by atoms with Crippen LogP contribution < -0.4 is 9.47 Å². The molecule has 4 aromatic heterocycles. The van der Waals surface area contributed by atoms with Crippen molar-refractivity contribution in [2.75, 3.05) is 65.6 Å². The van der Waals surface area contributed by atoms with Gasteiger partial charge in [-0.05, 0) is 272 Å². The van der Waals surface area contributed by atoms with Crippen LogP contribution in [0.2, 0.25) is 0 Å². The van der Waals surface area contributed by atoms with E-state index >= 15 is 0 Å². The van der Waals surface area contributed by atoms with Gasteiger partial charge in [-0.15, -0.1) is 0 Å². The Morgan fingerprint density at radius 3 is 1.00 bits per heavy atom. The van der Waals surface area contributed by atoms with Crippen molar-refractivity contribution in [3.8, 4) is 11.5 Å². The van der Waals surface area contributed by atoms with E-state index in [2.05, 4.69) is 136 Å². The van der Waals surface area contributed by atoms with Crippen molar-refractivity contribution >= 4 is 107 Å². The van der Waals surface area contributed by atoms with E-state index in [0.29, 0.717) is 76.6 Å². The SMILES string of the molecule is CCOc1ccccc1S(=O)(=O)Cc1ccc2c(c1)c(C1CCN(C(=O)[C@H](C)C(C)(C)C)CC1)cn2C.CCOc1ccccc1S(=O)(=O)Cc1ccc2c(c1)c([C@@H]1CCN(C(=O)[C@H](C)C3CCCC3)C[C@@H]1C)cn2C.C[C@@H](C(=O)N1CCC(c2cn(C)c3ccc(CS(=O)(=O)c4ccccc4F)cc23)CC1)C(C)(C)C.Cc1ccc(S(=O)(=O)Cc2ccc3c(c2)c(C2CCN(C(=O)[C@H](C)C(C)(C)C)CC2)cn3C)cc1. The summed E-state index contributed by atoms with van der Waals surface area (Å²) >= 11 is 0. The number of hydrogen-bond acceptors (Lipinski definition) is 14. The van der Waals surface area contributed by atoms with E-state index in [1.54, 1.807) is 66.7 Å². The Morgan fingerprint density at radius 2 is 0.671 bits per heavy atom. The third-order valence-corrected chi connectivity index (χ3v) is 39.0. The summed E-state index contributed by atoms with van der Waals surface area (Å²) in [4.78, 5) is 61.0. The summed E-state index contributed by atoms with van der Waals surface area (Å²) in [5, 5.41) is 4.36. The minimum atomic E-state index is -3.81. The van der Waals surface area contributed by atoms with Crippen molar-refractivity contribution in [2.45, 2.75) is 255 Å². The van der Waals surface area contributed by atoms with Gasteiger partial charge in [0.05, 0.1) is 41.1 Å². The van der Waals surface area contributed by atoms with Gasteiger partial charge >= 0.3 is 0 Å². The Kier molecular flexibility index (Phi) is 34.7. The smallest absolute Gasteiger partial charge is 0.225 e. The van der Waals surface area contributed by atoms with Gasteiger partial charge in [-0.1, -0.05) is 188 Å². The molecule has 6 atom stereocenters. The van der Waals surface area contributed by atoms with Crippen molar-refractivity contribution < 1.29 is 66.7 Å². The molecule has 0 unspecified atom stereocenters. The molecule has 0 N–H and O–H groups in total. The maximum absolute atomic E-state index is 14.1. The van der Waals surface area contributed by atoms with Crippen molar-refractivity contribution in [3.05, 3.63) is 251 Å². The fourth-order valence-electron chi connectivity index (χ4n) is 22.0. The molecule has 5 fully saturated rings. The Hall–Kier alpha value is -10.9. The van der Waals surface area contributed by atoms with E-state index < -0.39 is 45.2 Å². The third-order valence-electron chi connectivity index (χ3n) is 32.1. The number of aryl methyl sites for hydroxylation is 5. The number of piperidine rings is 4. The fourth-order valence-corrected chi connectivity index (χ4v) is 27.8. The highest BCUT2D eigenvalue weighted by atomic mass is 32.2. The lowest BCUT2D eigenvalue weighted by atomic mass is 9.80. The number of nitrogens with zero attached hydrogens (tertiary/aromatic N) is 8. The Morgan fingerprint density at radius 1 is 0.370 bits per heavy atom. The number of carbonyl (C=O) groups excluding carboxylic acids is 4. The number of carbonyl (C=O) groups is 4. The highest BCUT2D eigenvalue weighted by Gasteiger charge is 2.41. The number of rotatable bonds is 25. The number of sulfone groups is 4. The van der Waals surface area contributed by atoms with Gasteiger partial charge in [0.1, 0.15) is 32.0 Å². The largest absolute Gasteiger partial charge is 0.493 e. The van der Waals surface area contributed by atoms with E-state index in [1.807, 2.05) is 151 Å². The molecule has 0 bridgehead atoms. The Balaban J connectivity index is 0.000000154. The standard InChI is InChI=1S/C32H42N2O4S.C30H40N2O4S.C29H38N2O3S.C28H35FN2O3S/c1-5-38-30-12-8-9-13-31(30)39(36,37)21-24-14-15-29-27(18-24)28(20-33(29)4)26-16-17-34(19-22(26)2)32(35)23(3)25-10-6-7-11-25;1-7-36-27-10-8-9-11-28(27)37(34,35)20-22-12-13-26-24(18-22)25(19-31(26)6)23-14-16-32(17-15-23)29(33)21(2)30(3,4)5;1-20-7-10-24(11-8-20)35(33,34)19-22-9-12-27-25(17-22)26(18-30(27)6)23-13-15-31(16-14-23)28(32)21(2)29(3,4)5;1-19(28(2,3)4)27(32)31-14-12-21(13-15-31)23-17-30(5)25-11-10-20(16-22(23)25)18-35(33,34)26-9-7-6-8-24(26)29/h8-9,12-15,18,20,22-23,25-26H,5-7,10-11,16-17,19,21H2,1-4H3;8-13,18-19,21,23H,7,14-17,20H2,1-6H3;7-12,17-18,21,23H,13-16,19H2,1-6H3;6-11,16-17,19,21H,12-15,18H2,1-5H3/t22-,23+,26+;2*21-;19-/m0000/s1. The van der Waals surface area contributed by atoms with Gasteiger partial charge in [-0.3, -0.25) is 19.2 Å². The first-order chi connectivity index (χ1) is 68.9. The molecule has 4 saturated heterocycles. The Labute approximate surface area is 867 Å². The predicted molar refractivity (Wildman–Crippen MR) is 584 cm³/mol. The van der Waals surface area contributed by atoms with Crippen molar-refractivity contribution in [1.82, 2.24) is 37.9 Å². The maximum Gasteiger partial charge on any atom is 0.225 e. The summed E-state index contributed by atoms with van der Waals surface area (Å²) in [6, 6.07) is 49.9. The van der Waals surface area contributed by atoms with Crippen LogP contribution in [0.1, 0.15) is 255 Å². The van der Waals surface area contributed by atoms with Crippen LogP contribution in [-0.2, 0) is 110 Å². The summed E-state index contributed by atoms with van der Waals surface area (Å²) in [5.74, 6) is 2.92. The van der Waals surface area contributed by atoms with Crippen LogP contribution >= 0.6 is 0 Å². The number of aromatic nitrogens is 4. The van der Waals surface area contributed by atoms with Crippen LogP contribution in [0.25, 0.3) is 43.6 Å². The number of para-hydroxylation sites is 2. The highest BCUT2D eigenvalue weighted by Crippen LogP contribution is 2.46. The first kappa shape index (κ1) is 111. The lowest BCUT2D eigenvalue weighted by Gasteiger charge is -2.39. The van der Waals surface area contributed by atoms with Gasteiger partial charge < -0.3 is 47.3 Å². The van der Waals surface area contributed by atoms with Crippen molar-refractivity contribution in [3.63, 3.8) is 0 Å². The average Bonchev–Trinajstić information content (AvgIpc) is 1.62. The molecule has 1 aliphatic carbocycles. The van der Waals surface area contributed by atoms with E-state index in [-0.39, 0.29) is 95.3 Å². The predicted octanol–water partition coefficient (Wildman–Crippen LogP) is 23.8. The second kappa shape index (κ2) is 45.7. The van der Waals surface area contributed by atoms with Gasteiger partial charge in [0.15, 0.2) is 39.3 Å². The van der Waals surface area contributed by atoms with Crippen LogP contribution in [0.3, 0.4) is 0 Å². The van der Waals surface area contributed by atoms with E-state index in [9.17, 15) is 57.2 Å². The number of hydrogen-bond donors (Lipinski definition) is 0. The third kappa shape index (κ3) is 25.5. The summed E-state index contributed by atoms with van der Waals surface area (Å²) in [7, 11) is -6.28. The number of halogens is 1. The average molecular weight is 2070 g/mol. The lowest BCUT2D eigenvalue weighted by Crippen LogP contribution is -2.45. The zero-order valence-corrected chi connectivity index (χ0v) is 93.0. The normalized spacial score (nSPS) is 17.8. The molecule has 1 saturated carbocycles. The number of benzene rings is 8. The minimum absolute atomic E-state index is 0.00496. The molecule has 0 radical (unpaired) electrons. The first-order valence-electron chi connectivity index (χ1n) is 52.5. The number of fused-ring (bicyclic) bond motifs is 4. The van der Waals surface area contributed by atoms with E-state index in [0.717, 1.165) is 163 Å². The van der Waals surface area contributed by atoms with E-state index in [4.69, 9.17) is 9.47 Å². The molecular weight excluding hydrogens is 1910 g/mol. The summed E-state index contributed by atoms with van der Waals surface area (Å²) < 4.78 is 139. The molecule has 0 spiro atoms. The molecule has 5 aliphatic rings. The molecule has 17 rings (SSSR count). The summed E-state index contributed by atoms with van der Waals surface area (Å²) in [6.07, 6.45) is 19.9. The number of ether oxygens (including phenoxy) is 2. The zero-order valence-electron chi connectivity index (χ0n) is 89.7. The van der Waals surface area contributed by atoms with Gasteiger partial charge in [-0.2, -0.15) is 0 Å². The van der Waals surface area contributed by atoms with Crippen molar-refractivity contribution in [1.29, 1.82) is 0 Å². The quantitative estimate of drug-likeness (QED) is 0.0516. The minimum Gasteiger partial charge on any atom is -0.493 e. The molecular formula is C119H155FN8O14S4. The van der Waals surface area contributed by atoms with Gasteiger partial charge in [0, 0.05) is 173 Å². The second-order valence-corrected chi connectivity index (χ2v) is 53.1. The van der Waals surface area contributed by atoms with Crippen LogP contribution in [0.5, 0.6) is 11.5 Å². The highest BCUT2D eigenvalue weighted by molar-refractivity contribution is 7.91. The second-order valence-electron chi connectivity index (χ2n) is 45.3. The first-order valence-corrected chi connectivity index (χ1v) is 59.1. The Bertz CT molecular complexity index is 7190. The fraction of sp³-hybridized carbons (Fsp3) is 0.496.